The Kier molecular flexibility index (Phi) is 12.0. The van der Waals surface area contributed by atoms with E-state index in [0.717, 1.165) is 80.2 Å². The summed E-state index contributed by atoms with van der Waals surface area (Å²) in [5.74, 6) is 1.39. The number of hydrogen-bond donors (Lipinski definition) is 2. The fourth-order valence-electron chi connectivity index (χ4n) is 8.01. The first-order valence-corrected chi connectivity index (χ1v) is 24.4. The SMILES string of the molecule is Cn1cc(-c2ccc3nnn(Cc4ccc5nc(NC(=O)C6CC6)cn5n4)c3c2)cn1.Cn1cc(B2OC(C)(C)C(C)(C)O2)cn1.O=C(Nc1cn2nc(Cn3nnc4ccc(Br)cc43)ccc2n1)C1CC1. The van der Waals surface area contributed by atoms with Crippen molar-refractivity contribution < 1.29 is 18.9 Å². The molecular formula is C48H50BBrN18O4. The van der Waals surface area contributed by atoms with Crippen LogP contribution in [-0.2, 0) is 46.1 Å². The Hall–Kier alpha value is -7.70. The molecule has 0 atom stereocenters. The van der Waals surface area contributed by atoms with Gasteiger partial charge in [0.05, 0.1) is 65.3 Å². The number of aromatic nitrogens is 16. The molecule has 2 aliphatic carbocycles. The van der Waals surface area contributed by atoms with Crippen molar-refractivity contribution in [2.75, 3.05) is 10.6 Å². The van der Waals surface area contributed by atoms with E-state index in [1.54, 1.807) is 41.7 Å². The van der Waals surface area contributed by atoms with Gasteiger partial charge in [0.1, 0.15) is 11.0 Å². The highest BCUT2D eigenvalue weighted by Gasteiger charge is 2.52. The molecular weight excluding hydrogens is 983 g/mol. The van der Waals surface area contributed by atoms with Gasteiger partial charge in [0, 0.05) is 60.0 Å². The lowest BCUT2D eigenvalue weighted by Crippen LogP contribution is -2.41. The van der Waals surface area contributed by atoms with Gasteiger partial charge in [0.25, 0.3) is 0 Å². The van der Waals surface area contributed by atoms with Gasteiger partial charge in [-0.2, -0.15) is 20.4 Å². The summed E-state index contributed by atoms with van der Waals surface area (Å²) in [5.41, 5.74) is 9.00. The van der Waals surface area contributed by atoms with E-state index in [0.29, 0.717) is 36.0 Å². The first kappa shape index (κ1) is 46.7. The van der Waals surface area contributed by atoms with Crippen molar-refractivity contribution in [1.29, 1.82) is 0 Å². The number of carbonyl (C=O) groups excluding carboxylic acids is 2. The number of hydrogen-bond acceptors (Lipinski definition) is 14. The summed E-state index contributed by atoms with van der Waals surface area (Å²) >= 11 is 3.47. The number of nitrogens with one attached hydrogen (secondary N) is 2. The fourth-order valence-corrected chi connectivity index (χ4v) is 8.36. The molecule has 366 valence electrons. The maximum Gasteiger partial charge on any atom is 0.498 e. The number of aryl methyl sites for hydroxylation is 2. The molecule has 0 spiro atoms. The molecule has 2 N–H and O–H groups in total. The monoisotopic (exact) mass is 1030 g/mol. The van der Waals surface area contributed by atoms with E-state index in [1.165, 1.54) is 0 Å². The maximum atomic E-state index is 12.0. The van der Waals surface area contributed by atoms with Crippen LogP contribution in [0.25, 0.3) is 44.5 Å². The largest absolute Gasteiger partial charge is 0.498 e. The third-order valence-electron chi connectivity index (χ3n) is 13.1. The fraction of sp³-hybridized carbons (Fsp3) is 0.333. The second-order valence-corrected chi connectivity index (χ2v) is 20.2. The Morgan fingerprint density at radius 3 is 1.67 bits per heavy atom. The minimum Gasteiger partial charge on any atom is -0.399 e. The summed E-state index contributed by atoms with van der Waals surface area (Å²) in [6.45, 7) is 9.13. The average Bonchev–Trinajstić information content (AvgIpc) is 3.97. The van der Waals surface area contributed by atoms with Gasteiger partial charge in [0.15, 0.2) is 22.9 Å². The standard InChI is InChI=1S/C21H19N9O.C17H14BrN7O.C10H17BN2O2/c1-28-10-15(9-22-28)14-4-6-17-18(8-14)29(27-25-17)11-16-5-7-20-23-19(12-30(20)26-16)24-21(31)13-2-3-13;18-11-3-5-13-14(7-11)24(23-21-13)8-12-4-6-16-19-15(9-25(16)22-12)20-17(26)10-1-2-10;1-9(2)10(3,4)15-11(14-9)8-6-12-13(5)7-8/h4-10,12-13H,2-3,11H2,1H3,(H,24,31);3-7,9-10H,1-2,8H2,(H,20,26);6-7H,1-5H3. The van der Waals surface area contributed by atoms with Crippen LogP contribution in [-0.4, -0.2) is 109 Å². The van der Waals surface area contributed by atoms with Gasteiger partial charge in [-0.3, -0.25) is 19.0 Å². The lowest BCUT2D eigenvalue weighted by Gasteiger charge is -2.32. The highest BCUT2D eigenvalue weighted by Crippen LogP contribution is 2.36. The van der Waals surface area contributed by atoms with Gasteiger partial charge in [-0.05, 0) is 114 Å². The number of carbonyl (C=O) groups is 2. The van der Waals surface area contributed by atoms with Crippen LogP contribution in [0.4, 0.5) is 11.6 Å². The maximum absolute atomic E-state index is 12.0. The number of benzene rings is 2. The molecule has 72 heavy (non-hydrogen) atoms. The molecule has 8 aromatic heterocycles. The summed E-state index contributed by atoms with van der Waals surface area (Å²) in [4.78, 5) is 32.7. The number of amides is 2. The molecule has 0 unspecified atom stereocenters. The Balaban J connectivity index is 0.000000124. The third-order valence-corrected chi connectivity index (χ3v) is 13.5. The molecule has 0 bridgehead atoms. The zero-order chi connectivity index (χ0) is 49.9. The van der Waals surface area contributed by atoms with Crippen LogP contribution in [0.3, 0.4) is 0 Å². The minimum absolute atomic E-state index is 0.0298. The topological polar surface area (TPSA) is 234 Å². The summed E-state index contributed by atoms with van der Waals surface area (Å²) in [6.07, 6.45) is 14.8. The lowest BCUT2D eigenvalue weighted by atomic mass is 9.82. The summed E-state index contributed by atoms with van der Waals surface area (Å²) in [5, 5.41) is 40.2. The molecule has 3 fully saturated rings. The van der Waals surface area contributed by atoms with E-state index in [4.69, 9.17) is 9.31 Å². The van der Waals surface area contributed by atoms with Crippen LogP contribution in [0, 0.1) is 11.8 Å². The summed E-state index contributed by atoms with van der Waals surface area (Å²) in [7, 11) is 3.48. The van der Waals surface area contributed by atoms with Crippen molar-refractivity contribution in [2.45, 2.75) is 77.7 Å². The molecule has 2 amide bonds. The molecule has 3 aliphatic rings. The van der Waals surface area contributed by atoms with Crippen molar-refractivity contribution in [3.63, 3.8) is 0 Å². The van der Waals surface area contributed by atoms with Gasteiger partial charge in [-0.25, -0.2) is 28.4 Å². The molecule has 0 radical (unpaired) electrons. The number of halogens is 1. The minimum atomic E-state index is -0.302. The van der Waals surface area contributed by atoms with Crippen molar-refractivity contribution in [1.82, 2.24) is 78.7 Å². The highest BCUT2D eigenvalue weighted by molar-refractivity contribution is 9.10. The van der Waals surface area contributed by atoms with Gasteiger partial charge >= 0.3 is 7.12 Å². The molecule has 10 aromatic rings. The molecule has 24 heteroatoms. The van der Waals surface area contributed by atoms with Gasteiger partial charge < -0.3 is 19.9 Å². The lowest BCUT2D eigenvalue weighted by molar-refractivity contribution is -0.118. The molecule has 1 aliphatic heterocycles. The number of nitrogens with zero attached hydrogens (tertiary/aromatic N) is 16. The Morgan fingerprint density at radius 1 is 0.653 bits per heavy atom. The van der Waals surface area contributed by atoms with Crippen LogP contribution in [0.1, 0.15) is 64.8 Å². The van der Waals surface area contributed by atoms with E-state index in [2.05, 4.69) is 83.6 Å². The van der Waals surface area contributed by atoms with Gasteiger partial charge in [0.2, 0.25) is 11.8 Å². The van der Waals surface area contributed by atoms with Gasteiger partial charge in [-0.15, -0.1) is 10.2 Å². The number of imidazole rings is 2. The van der Waals surface area contributed by atoms with Crippen LogP contribution >= 0.6 is 15.9 Å². The van der Waals surface area contributed by atoms with Crippen molar-refractivity contribution in [3.8, 4) is 11.1 Å². The number of rotatable bonds is 10. The van der Waals surface area contributed by atoms with Crippen LogP contribution < -0.4 is 16.1 Å². The quantitative estimate of drug-likeness (QED) is 0.158. The second-order valence-electron chi connectivity index (χ2n) is 19.3. The van der Waals surface area contributed by atoms with Crippen LogP contribution in [0.5, 0.6) is 0 Å². The molecule has 1 saturated heterocycles. The Morgan fingerprint density at radius 2 is 1.17 bits per heavy atom. The average molecular weight is 1030 g/mol. The molecule has 13 rings (SSSR count). The third kappa shape index (κ3) is 9.96. The van der Waals surface area contributed by atoms with E-state index < -0.39 is 0 Å². The Bertz CT molecular complexity index is 3640. The molecule has 22 nitrogen and oxygen atoms in total. The zero-order valence-electron chi connectivity index (χ0n) is 40.4. The van der Waals surface area contributed by atoms with Crippen LogP contribution in [0.2, 0.25) is 0 Å². The summed E-state index contributed by atoms with van der Waals surface area (Å²) < 4.78 is 23.3. The molecule has 2 saturated carbocycles. The first-order valence-electron chi connectivity index (χ1n) is 23.6. The van der Waals surface area contributed by atoms with Crippen molar-refractivity contribution in [3.05, 3.63) is 114 Å². The smallest absolute Gasteiger partial charge is 0.399 e. The number of anilines is 2. The zero-order valence-corrected chi connectivity index (χ0v) is 42.0. The first-order chi connectivity index (χ1) is 34.6. The van der Waals surface area contributed by atoms with Gasteiger partial charge in [-0.1, -0.05) is 32.4 Å². The Labute approximate surface area is 420 Å². The highest BCUT2D eigenvalue weighted by atomic mass is 79.9. The van der Waals surface area contributed by atoms with Crippen molar-refractivity contribution in [2.24, 2.45) is 25.9 Å². The summed E-state index contributed by atoms with van der Waals surface area (Å²) in [6, 6.07) is 19.5. The van der Waals surface area contributed by atoms with E-state index in [1.807, 2.05) is 120 Å². The normalized spacial score (nSPS) is 16.0. The van der Waals surface area contributed by atoms with E-state index in [-0.39, 0.29) is 42.0 Å². The van der Waals surface area contributed by atoms with Crippen molar-refractivity contribution >= 4 is 85.3 Å². The van der Waals surface area contributed by atoms with E-state index >= 15 is 0 Å². The number of fused-ring (bicyclic) bond motifs is 4. The van der Waals surface area contributed by atoms with E-state index in [9.17, 15) is 9.59 Å². The predicted molar refractivity (Wildman–Crippen MR) is 271 cm³/mol. The second kappa shape index (κ2) is 18.5. The predicted octanol–water partition coefficient (Wildman–Crippen LogP) is 5.62. The van der Waals surface area contributed by atoms with Crippen LogP contribution in [0.15, 0.2) is 102 Å². The molecule has 2 aromatic carbocycles. The molecule has 9 heterocycles.